The molecule has 128 valence electrons. The summed E-state index contributed by atoms with van der Waals surface area (Å²) in [5.74, 6) is 0.724. The van der Waals surface area contributed by atoms with Crippen molar-refractivity contribution in [3.8, 4) is 5.75 Å². The van der Waals surface area contributed by atoms with Crippen LogP contribution < -0.4 is 4.74 Å². The standard InChI is InChI=1S/C20H20N2O2S/c1-4-24-17-12-8-6-10-15(17)13-18-19(23)22(3)20(25-18)21-16-11-7-5-9-14(16)2/h5-13H,4H2,1-3H3/b18-13+,21-20?. The van der Waals surface area contributed by atoms with Gasteiger partial charge in [-0.05, 0) is 49.4 Å². The number of amidine groups is 1. The van der Waals surface area contributed by atoms with Crippen molar-refractivity contribution in [2.24, 2.45) is 4.99 Å². The molecule has 1 heterocycles. The molecule has 0 N–H and O–H groups in total. The molecule has 2 aromatic rings. The van der Waals surface area contributed by atoms with Gasteiger partial charge in [0.1, 0.15) is 5.75 Å². The van der Waals surface area contributed by atoms with Crippen LogP contribution in [0.25, 0.3) is 6.08 Å². The van der Waals surface area contributed by atoms with E-state index >= 15 is 0 Å². The van der Waals surface area contributed by atoms with E-state index in [1.165, 1.54) is 11.8 Å². The van der Waals surface area contributed by atoms with Crippen LogP contribution in [-0.2, 0) is 4.79 Å². The molecule has 0 radical (unpaired) electrons. The summed E-state index contributed by atoms with van der Waals surface area (Å²) in [5, 5.41) is 0.680. The third-order valence-corrected chi connectivity index (χ3v) is 4.90. The Kier molecular flexibility index (Phi) is 5.24. The first-order valence-corrected chi connectivity index (χ1v) is 8.95. The number of carbonyl (C=O) groups is 1. The number of para-hydroxylation sites is 2. The molecule has 0 atom stereocenters. The van der Waals surface area contributed by atoms with Crippen LogP contribution in [0.5, 0.6) is 5.75 Å². The number of aliphatic imine (C=N–C) groups is 1. The fourth-order valence-electron chi connectivity index (χ4n) is 2.47. The Balaban J connectivity index is 1.93. The van der Waals surface area contributed by atoms with Crippen LogP contribution in [0.1, 0.15) is 18.1 Å². The first kappa shape index (κ1) is 17.3. The summed E-state index contributed by atoms with van der Waals surface area (Å²) < 4.78 is 5.64. The molecule has 0 saturated carbocycles. The largest absolute Gasteiger partial charge is 0.493 e. The molecular formula is C20H20N2O2S. The molecule has 4 nitrogen and oxygen atoms in total. The van der Waals surface area contributed by atoms with E-state index in [2.05, 4.69) is 4.99 Å². The van der Waals surface area contributed by atoms with Gasteiger partial charge in [0, 0.05) is 12.6 Å². The maximum atomic E-state index is 12.6. The lowest BCUT2D eigenvalue weighted by Crippen LogP contribution is -2.23. The van der Waals surface area contributed by atoms with Gasteiger partial charge >= 0.3 is 0 Å². The molecule has 1 fully saturated rings. The van der Waals surface area contributed by atoms with Gasteiger partial charge in [0.05, 0.1) is 17.2 Å². The Hall–Kier alpha value is -2.53. The summed E-state index contributed by atoms with van der Waals surface area (Å²) in [5.41, 5.74) is 2.85. The van der Waals surface area contributed by atoms with Gasteiger partial charge in [-0.3, -0.25) is 9.69 Å². The van der Waals surface area contributed by atoms with Gasteiger partial charge in [-0.1, -0.05) is 36.4 Å². The molecule has 1 amide bonds. The van der Waals surface area contributed by atoms with Crippen LogP contribution in [0.3, 0.4) is 0 Å². The van der Waals surface area contributed by atoms with Crippen LogP contribution in [0, 0.1) is 6.92 Å². The van der Waals surface area contributed by atoms with Crippen molar-refractivity contribution in [3.05, 3.63) is 64.6 Å². The second kappa shape index (κ2) is 7.57. The molecule has 5 heteroatoms. The number of benzene rings is 2. The number of nitrogens with zero attached hydrogens (tertiary/aromatic N) is 2. The molecular weight excluding hydrogens is 332 g/mol. The molecule has 0 spiro atoms. The van der Waals surface area contributed by atoms with Crippen molar-refractivity contribution < 1.29 is 9.53 Å². The van der Waals surface area contributed by atoms with E-state index in [0.29, 0.717) is 16.7 Å². The zero-order valence-corrected chi connectivity index (χ0v) is 15.3. The average molecular weight is 352 g/mol. The van der Waals surface area contributed by atoms with Gasteiger partial charge in [-0.15, -0.1) is 0 Å². The number of hydrogen-bond acceptors (Lipinski definition) is 4. The Morgan fingerprint density at radius 3 is 2.64 bits per heavy atom. The van der Waals surface area contributed by atoms with E-state index in [4.69, 9.17) is 4.74 Å². The second-order valence-corrected chi connectivity index (χ2v) is 6.64. The molecule has 1 aliphatic heterocycles. The summed E-state index contributed by atoms with van der Waals surface area (Å²) in [6, 6.07) is 15.6. The average Bonchev–Trinajstić information content (AvgIpc) is 2.87. The number of rotatable bonds is 4. The number of aryl methyl sites for hydroxylation is 1. The van der Waals surface area contributed by atoms with Crippen LogP contribution in [-0.4, -0.2) is 29.6 Å². The van der Waals surface area contributed by atoms with E-state index in [0.717, 1.165) is 22.6 Å². The quantitative estimate of drug-likeness (QED) is 0.754. The van der Waals surface area contributed by atoms with Crippen molar-refractivity contribution in [2.75, 3.05) is 13.7 Å². The predicted molar refractivity (Wildman–Crippen MR) is 104 cm³/mol. The predicted octanol–water partition coefficient (Wildman–Crippen LogP) is 4.63. The highest BCUT2D eigenvalue weighted by Gasteiger charge is 2.30. The summed E-state index contributed by atoms with van der Waals surface area (Å²) >= 11 is 1.38. The summed E-state index contributed by atoms with van der Waals surface area (Å²) in [4.78, 5) is 19.5. The zero-order valence-electron chi connectivity index (χ0n) is 14.5. The van der Waals surface area contributed by atoms with Gasteiger partial charge in [0.15, 0.2) is 5.17 Å². The highest BCUT2D eigenvalue weighted by molar-refractivity contribution is 8.18. The number of amides is 1. The van der Waals surface area contributed by atoms with Crippen molar-refractivity contribution in [1.82, 2.24) is 4.90 Å². The highest BCUT2D eigenvalue weighted by Crippen LogP contribution is 2.35. The minimum atomic E-state index is -0.0522. The molecule has 0 bridgehead atoms. The monoisotopic (exact) mass is 352 g/mol. The van der Waals surface area contributed by atoms with Crippen LogP contribution >= 0.6 is 11.8 Å². The lowest BCUT2D eigenvalue weighted by molar-refractivity contribution is -0.121. The maximum Gasteiger partial charge on any atom is 0.266 e. The van der Waals surface area contributed by atoms with Gasteiger partial charge in [-0.2, -0.15) is 0 Å². The van der Waals surface area contributed by atoms with E-state index in [9.17, 15) is 4.79 Å². The Morgan fingerprint density at radius 2 is 1.88 bits per heavy atom. The highest BCUT2D eigenvalue weighted by atomic mass is 32.2. The molecule has 0 aromatic heterocycles. The molecule has 0 unspecified atom stereocenters. The van der Waals surface area contributed by atoms with Gasteiger partial charge < -0.3 is 4.74 Å². The summed E-state index contributed by atoms with van der Waals surface area (Å²) in [6.07, 6.45) is 1.87. The van der Waals surface area contributed by atoms with E-state index in [1.807, 2.05) is 68.5 Å². The van der Waals surface area contributed by atoms with Crippen molar-refractivity contribution >= 4 is 34.6 Å². The first-order valence-electron chi connectivity index (χ1n) is 8.14. The topological polar surface area (TPSA) is 41.9 Å². The van der Waals surface area contributed by atoms with Gasteiger partial charge in [0.2, 0.25) is 0 Å². The third kappa shape index (κ3) is 3.77. The number of hydrogen-bond donors (Lipinski definition) is 0. The minimum Gasteiger partial charge on any atom is -0.493 e. The first-order chi connectivity index (χ1) is 12.1. The molecule has 25 heavy (non-hydrogen) atoms. The number of thioether (sulfide) groups is 1. The Bertz CT molecular complexity index is 858. The molecule has 2 aromatic carbocycles. The number of likely N-dealkylation sites (N-methyl/N-ethyl adjacent to an activating group) is 1. The maximum absolute atomic E-state index is 12.6. The third-order valence-electron chi connectivity index (χ3n) is 3.84. The Labute approximate surface area is 152 Å². The van der Waals surface area contributed by atoms with Crippen molar-refractivity contribution in [2.45, 2.75) is 13.8 Å². The summed E-state index contributed by atoms with van der Waals surface area (Å²) in [7, 11) is 1.75. The fourth-order valence-corrected chi connectivity index (χ4v) is 3.44. The minimum absolute atomic E-state index is 0.0522. The van der Waals surface area contributed by atoms with E-state index < -0.39 is 0 Å². The van der Waals surface area contributed by atoms with Gasteiger partial charge in [-0.25, -0.2) is 4.99 Å². The second-order valence-electron chi connectivity index (χ2n) is 5.63. The smallest absolute Gasteiger partial charge is 0.266 e. The molecule has 1 aliphatic rings. The lowest BCUT2D eigenvalue weighted by atomic mass is 10.2. The lowest BCUT2D eigenvalue weighted by Gasteiger charge is -2.08. The molecule has 1 saturated heterocycles. The fraction of sp³-hybridized carbons (Fsp3) is 0.200. The number of carbonyl (C=O) groups excluding carboxylic acids is 1. The zero-order chi connectivity index (χ0) is 17.8. The SMILES string of the molecule is CCOc1ccccc1/C=C1/SC(=Nc2ccccc2C)N(C)C1=O. The molecule has 3 rings (SSSR count). The van der Waals surface area contributed by atoms with Crippen molar-refractivity contribution in [3.63, 3.8) is 0 Å². The van der Waals surface area contributed by atoms with E-state index in [1.54, 1.807) is 11.9 Å². The normalized spacial score (nSPS) is 17.6. The Morgan fingerprint density at radius 1 is 1.16 bits per heavy atom. The number of ether oxygens (including phenoxy) is 1. The van der Waals surface area contributed by atoms with Crippen LogP contribution in [0.2, 0.25) is 0 Å². The van der Waals surface area contributed by atoms with E-state index in [-0.39, 0.29) is 5.91 Å². The summed E-state index contributed by atoms with van der Waals surface area (Å²) in [6.45, 7) is 4.54. The van der Waals surface area contributed by atoms with Crippen LogP contribution in [0.4, 0.5) is 5.69 Å². The van der Waals surface area contributed by atoms with Crippen LogP contribution in [0.15, 0.2) is 58.4 Å². The van der Waals surface area contributed by atoms with Gasteiger partial charge in [0.25, 0.3) is 5.91 Å². The van der Waals surface area contributed by atoms with Crippen molar-refractivity contribution in [1.29, 1.82) is 0 Å². The molecule has 0 aliphatic carbocycles.